The van der Waals surface area contributed by atoms with E-state index in [0.717, 1.165) is 0 Å². The van der Waals surface area contributed by atoms with Crippen molar-refractivity contribution in [1.82, 2.24) is 4.90 Å². The number of Topliss-reactive ketones (excluding diaryl/α,β-unsaturated/α-hetero) is 2. The molecule has 0 aromatic heterocycles. The number of phenolic OH excluding ortho intramolecular Hbond substituents is 1. The van der Waals surface area contributed by atoms with Gasteiger partial charge in [-0.15, -0.1) is 12.4 Å². The molecular weight excluding hydrogens is 596 g/mol. The van der Waals surface area contributed by atoms with Gasteiger partial charge in [-0.25, -0.2) is 0 Å². The minimum Gasteiger partial charge on any atom is -0.508 e. The van der Waals surface area contributed by atoms with Crippen LogP contribution in [-0.2, 0) is 20.0 Å². The molecule has 0 spiro atoms. The highest BCUT2D eigenvalue weighted by atomic mass is 35.5. The van der Waals surface area contributed by atoms with E-state index in [0.29, 0.717) is 0 Å². The molecule has 0 saturated heterocycles. The molecule has 43 heavy (non-hydrogen) atoms. The second-order valence-electron chi connectivity index (χ2n) is 11.2. The average molecular weight is 633 g/mol. The number of halogens is 1. The van der Waals surface area contributed by atoms with Gasteiger partial charge >= 0.3 is 0 Å². The van der Waals surface area contributed by atoms with Crippen molar-refractivity contribution in [3.63, 3.8) is 0 Å². The Morgan fingerprint density at radius 1 is 1.00 bits per heavy atom. The molecule has 1 aromatic rings. The number of nitrogens with two attached hydrogens (primary N) is 1. The maximum absolute atomic E-state index is 13.7. The van der Waals surface area contributed by atoms with Gasteiger partial charge < -0.3 is 56.8 Å². The second kappa shape index (κ2) is 12.5. The molecule has 0 unspecified atom stereocenters. The third-order valence-electron chi connectivity index (χ3n) is 8.38. The standard InChI is InChI=1S/C22H24N2O9.C5H12O4.ClH/c1-21(32)7-5-4-6-8(25)9(7)15(26)10-12(21)17(28)13-14(24(2)3)16(27)11(20(23)31)19(30)22(13,33)18(10)29;6-1-5(2-7,3-8)4-9;/h4-6,12-14,17,25-26,28,30,32-33H,1-3H3,(H2,23,31);6-9H,1-4H2;1H/t12-,13-,14+,17+,21-,22+;;/m1../s1. The Morgan fingerprint density at radius 3 is 1.93 bits per heavy atom. The number of aliphatic hydroxyl groups excluding tert-OH is 7. The largest absolute Gasteiger partial charge is 0.508 e. The van der Waals surface area contributed by atoms with Gasteiger partial charge in [0.15, 0.2) is 11.4 Å². The summed E-state index contributed by atoms with van der Waals surface area (Å²) in [5.41, 5.74) is -2.89. The number of aliphatic hydroxyl groups is 9. The molecule has 1 amide bonds. The Labute approximate surface area is 251 Å². The molecule has 15 nitrogen and oxygen atoms in total. The number of carbonyl (C=O) groups is 3. The smallest absolute Gasteiger partial charge is 0.255 e. The van der Waals surface area contributed by atoms with Gasteiger partial charge in [0.25, 0.3) is 5.91 Å². The van der Waals surface area contributed by atoms with Crippen molar-refractivity contribution >= 4 is 35.6 Å². The van der Waals surface area contributed by atoms with Crippen molar-refractivity contribution in [3.05, 3.63) is 46.2 Å². The zero-order chi connectivity index (χ0) is 32.1. The van der Waals surface area contributed by atoms with Gasteiger partial charge in [0, 0.05) is 0 Å². The summed E-state index contributed by atoms with van der Waals surface area (Å²) >= 11 is 0. The van der Waals surface area contributed by atoms with Crippen LogP contribution < -0.4 is 5.73 Å². The monoisotopic (exact) mass is 632 g/mol. The van der Waals surface area contributed by atoms with Crippen LogP contribution in [0, 0.1) is 17.3 Å². The number of ketones is 2. The summed E-state index contributed by atoms with van der Waals surface area (Å²) in [6.07, 6.45) is -1.87. The van der Waals surface area contributed by atoms with Crippen LogP contribution in [0.1, 0.15) is 18.1 Å². The first-order valence-corrected chi connectivity index (χ1v) is 12.8. The number of likely N-dealkylation sites (N-methyl/N-ethyl adjacent to an activating group) is 1. The predicted octanol–water partition coefficient (Wildman–Crippen LogP) is -3.04. The lowest BCUT2D eigenvalue weighted by Crippen LogP contribution is -2.71. The second-order valence-corrected chi connectivity index (χ2v) is 11.2. The number of carbonyl (C=O) groups excluding carboxylic acids is 3. The topological polar surface area (TPSA) is 283 Å². The van der Waals surface area contributed by atoms with Crippen LogP contribution in [-0.4, -0.2) is 132 Å². The van der Waals surface area contributed by atoms with E-state index in [2.05, 4.69) is 0 Å². The number of hydrogen-bond acceptors (Lipinski definition) is 14. The van der Waals surface area contributed by atoms with E-state index in [1.165, 1.54) is 44.1 Å². The summed E-state index contributed by atoms with van der Waals surface area (Å²) in [6.45, 7) is -0.372. The lowest BCUT2D eigenvalue weighted by molar-refractivity contribution is -0.181. The number of phenols is 1. The number of benzene rings is 1. The van der Waals surface area contributed by atoms with E-state index in [1.807, 2.05) is 0 Å². The van der Waals surface area contributed by atoms with E-state index in [-0.39, 0.29) is 23.5 Å². The molecule has 16 heteroatoms. The molecule has 6 atom stereocenters. The highest BCUT2D eigenvalue weighted by Gasteiger charge is 2.70. The molecule has 1 fully saturated rings. The van der Waals surface area contributed by atoms with Crippen LogP contribution in [0.5, 0.6) is 5.75 Å². The number of amides is 1. The van der Waals surface area contributed by atoms with Crippen LogP contribution in [0.3, 0.4) is 0 Å². The van der Waals surface area contributed by atoms with Gasteiger partial charge in [0.05, 0.1) is 72.6 Å². The van der Waals surface area contributed by atoms with Gasteiger partial charge in [-0.3, -0.25) is 19.3 Å². The van der Waals surface area contributed by atoms with Crippen LogP contribution in [0.15, 0.2) is 35.1 Å². The van der Waals surface area contributed by atoms with Crippen molar-refractivity contribution in [2.75, 3.05) is 40.5 Å². The van der Waals surface area contributed by atoms with E-state index < -0.39 is 113 Å². The molecule has 0 bridgehead atoms. The van der Waals surface area contributed by atoms with Crippen LogP contribution >= 0.6 is 12.4 Å². The number of rotatable bonds is 6. The molecule has 4 rings (SSSR count). The Kier molecular flexibility index (Phi) is 10.5. The minimum absolute atomic E-state index is 0. The Bertz CT molecular complexity index is 1340. The summed E-state index contributed by atoms with van der Waals surface area (Å²) in [5.74, 6) is -9.67. The van der Waals surface area contributed by atoms with Crippen LogP contribution in [0.2, 0.25) is 0 Å². The maximum atomic E-state index is 13.7. The predicted molar refractivity (Wildman–Crippen MR) is 150 cm³/mol. The van der Waals surface area contributed by atoms with Gasteiger partial charge in [-0.05, 0) is 32.6 Å². The van der Waals surface area contributed by atoms with Crippen LogP contribution in [0.4, 0.5) is 0 Å². The SMILES string of the molecule is CN(C)[C@@H]1C(=O)C(C(N)=O)=C(O)[C@@]2(O)C(=O)C3=C(O)c4c(O)cccc4[C@@](C)(O)[C@H]3[C@H](O)[C@@H]12.Cl.OCC(CO)(CO)CO. The van der Waals surface area contributed by atoms with E-state index in [9.17, 15) is 45.0 Å². The van der Waals surface area contributed by atoms with Crippen molar-refractivity contribution in [2.24, 2.45) is 23.0 Å². The van der Waals surface area contributed by atoms with Crippen LogP contribution in [0.25, 0.3) is 5.76 Å². The summed E-state index contributed by atoms with van der Waals surface area (Å²) in [4.78, 5) is 39.9. The molecular formula is C27H37ClN2O13. The quantitative estimate of drug-likeness (QED) is 0.139. The number of nitrogens with zero attached hydrogens (tertiary/aromatic N) is 1. The maximum Gasteiger partial charge on any atom is 0.255 e. The highest BCUT2D eigenvalue weighted by Crippen LogP contribution is 2.57. The van der Waals surface area contributed by atoms with Gasteiger partial charge in [0.1, 0.15) is 22.8 Å². The molecule has 0 aliphatic heterocycles. The summed E-state index contributed by atoms with van der Waals surface area (Å²) in [7, 11) is 2.80. The van der Waals surface area contributed by atoms with Gasteiger partial charge in [-0.1, -0.05) is 12.1 Å². The number of primary amides is 1. The first kappa shape index (κ1) is 36.1. The normalized spacial score (nSPS) is 30.1. The molecule has 0 radical (unpaired) electrons. The lowest BCUT2D eigenvalue weighted by atomic mass is 9.53. The fourth-order valence-electron chi connectivity index (χ4n) is 5.90. The number of hydrogen-bond donors (Lipinski definition) is 11. The third-order valence-corrected chi connectivity index (χ3v) is 8.38. The van der Waals surface area contributed by atoms with E-state index >= 15 is 0 Å². The fraction of sp³-hybridized carbons (Fsp3) is 0.519. The fourth-order valence-corrected chi connectivity index (χ4v) is 5.90. The summed E-state index contributed by atoms with van der Waals surface area (Å²) < 4.78 is 0. The Hall–Kier alpha value is -3.12. The van der Waals surface area contributed by atoms with Gasteiger partial charge in [-0.2, -0.15) is 0 Å². The zero-order valence-corrected chi connectivity index (χ0v) is 24.3. The Morgan fingerprint density at radius 2 is 1.51 bits per heavy atom. The minimum atomic E-state index is -3.02. The molecule has 240 valence electrons. The lowest BCUT2D eigenvalue weighted by Gasteiger charge is -2.55. The molecule has 3 aliphatic rings. The van der Waals surface area contributed by atoms with E-state index in [1.54, 1.807) is 0 Å². The third kappa shape index (κ3) is 5.20. The summed E-state index contributed by atoms with van der Waals surface area (Å²) in [6, 6.07) is 2.50. The Balaban J connectivity index is 0.000000563. The molecule has 12 N–H and O–H groups in total. The number of fused-ring (bicyclic) bond motifs is 3. The van der Waals surface area contributed by atoms with E-state index in [4.69, 9.17) is 26.2 Å². The molecule has 3 aliphatic carbocycles. The number of aromatic hydroxyl groups is 1. The molecule has 1 saturated carbocycles. The van der Waals surface area contributed by atoms with Gasteiger partial charge in [0.2, 0.25) is 5.78 Å². The summed E-state index contributed by atoms with van der Waals surface area (Å²) in [5, 5.41) is 100. The van der Waals surface area contributed by atoms with Crippen molar-refractivity contribution in [2.45, 2.75) is 30.3 Å². The average Bonchev–Trinajstić information content (AvgIpc) is 2.92. The molecule has 1 aromatic carbocycles. The zero-order valence-electron chi connectivity index (χ0n) is 23.5. The van der Waals surface area contributed by atoms with Crippen molar-refractivity contribution in [1.29, 1.82) is 0 Å². The molecule has 0 heterocycles. The van der Waals surface area contributed by atoms with Crippen molar-refractivity contribution in [3.8, 4) is 5.75 Å². The highest BCUT2D eigenvalue weighted by molar-refractivity contribution is 6.24. The first-order valence-electron chi connectivity index (χ1n) is 12.8. The van der Waals surface area contributed by atoms with Crippen molar-refractivity contribution < 1.29 is 65.4 Å². The first-order chi connectivity index (χ1) is 19.4.